The van der Waals surface area contributed by atoms with E-state index in [2.05, 4.69) is 15.4 Å². The molecule has 28 heavy (non-hydrogen) atoms. The lowest BCUT2D eigenvalue weighted by molar-refractivity contribution is 0.0938. The summed E-state index contributed by atoms with van der Waals surface area (Å²) in [5.41, 5.74) is 2.44. The van der Waals surface area contributed by atoms with Crippen LogP contribution in [0, 0.1) is 6.92 Å². The van der Waals surface area contributed by atoms with E-state index in [0.717, 1.165) is 16.8 Å². The molecule has 0 saturated heterocycles. The maximum absolute atomic E-state index is 12.5. The van der Waals surface area contributed by atoms with E-state index in [1.807, 2.05) is 25.1 Å². The second kappa shape index (κ2) is 9.19. The molecule has 0 unspecified atom stereocenters. The summed E-state index contributed by atoms with van der Waals surface area (Å²) in [6.45, 7) is 2.99. The normalized spacial score (nSPS) is 10.9. The number of benzene rings is 2. The molecule has 8 heteroatoms. The van der Waals surface area contributed by atoms with Crippen molar-refractivity contribution in [3.63, 3.8) is 0 Å². The minimum Gasteiger partial charge on any atom is -0.385 e. The van der Waals surface area contributed by atoms with E-state index < -0.39 is 0 Å². The van der Waals surface area contributed by atoms with Crippen molar-refractivity contribution in [2.24, 2.45) is 0 Å². The molecule has 6 nitrogen and oxygen atoms in total. The number of amides is 1. The number of methoxy groups -OCH3 is 1. The molecule has 0 atom stereocenters. The second-order valence-corrected chi connectivity index (χ2v) is 7.09. The van der Waals surface area contributed by atoms with Crippen LogP contribution >= 0.6 is 23.2 Å². The molecule has 0 bridgehead atoms. The first kappa shape index (κ1) is 20.3. The highest BCUT2D eigenvalue weighted by Crippen LogP contribution is 2.27. The maximum Gasteiger partial charge on any atom is 0.290 e. The van der Waals surface area contributed by atoms with Gasteiger partial charge in [0.25, 0.3) is 5.91 Å². The highest BCUT2D eigenvalue weighted by Gasteiger charge is 2.20. The van der Waals surface area contributed by atoms with Gasteiger partial charge in [-0.2, -0.15) is 0 Å². The predicted octanol–water partition coefficient (Wildman–Crippen LogP) is 4.32. The van der Waals surface area contributed by atoms with Gasteiger partial charge < -0.3 is 10.1 Å². The average molecular weight is 419 g/mol. The number of halogens is 2. The van der Waals surface area contributed by atoms with Gasteiger partial charge in [-0.15, -0.1) is 5.10 Å². The van der Waals surface area contributed by atoms with Crippen LogP contribution < -0.4 is 5.32 Å². The maximum atomic E-state index is 12.5. The van der Waals surface area contributed by atoms with Gasteiger partial charge >= 0.3 is 0 Å². The van der Waals surface area contributed by atoms with Crippen molar-refractivity contribution in [2.75, 3.05) is 20.3 Å². The highest BCUT2D eigenvalue weighted by molar-refractivity contribution is 6.31. The smallest absolute Gasteiger partial charge is 0.290 e. The van der Waals surface area contributed by atoms with Crippen molar-refractivity contribution in [3.05, 3.63) is 63.9 Å². The van der Waals surface area contributed by atoms with Crippen LogP contribution in [0.4, 0.5) is 0 Å². The summed E-state index contributed by atoms with van der Waals surface area (Å²) in [5, 5.41) is 8.39. The largest absolute Gasteiger partial charge is 0.385 e. The van der Waals surface area contributed by atoms with Gasteiger partial charge in [0.15, 0.2) is 5.82 Å². The summed E-state index contributed by atoms with van der Waals surface area (Å²) < 4.78 is 6.61. The predicted molar refractivity (Wildman–Crippen MR) is 110 cm³/mol. The first-order valence-electron chi connectivity index (χ1n) is 8.76. The van der Waals surface area contributed by atoms with Gasteiger partial charge in [0.2, 0.25) is 5.82 Å². The van der Waals surface area contributed by atoms with Gasteiger partial charge in [-0.05, 0) is 43.2 Å². The van der Waals surface area contributed by atoms with Crippen LogP contribution in [-0.2, 0) is 4.74 Å². The molecule has 0 saturated carbocycles. The molecule has 1 aromatic heterocycles. The lowest BCUT2D eigenvalue weighted by Gasteiger charge is -2.09. The summed E-state index contributed by atoms with van der Waals surface area (Å²) in [5.74, 6) is 0.236. The zero-order chi connectivity index (χ0) is 20.1. The molecule has 3 aromatic rings. The molecule has 1 heterocycles. The third kappa shape index (κ3) is 4.70. The number of hydrogen-bond donors (Lipinski definition) is 1. The summed E-state index contributed by atoms with van der Waals surface area (Å²) in [6, 6.07) is 12.7. The van der Waals surface area contributed by atoms with E-state index in [-0.39, 0.29) is 11.7 Å². The van der Waals surface area contributed by atoms with Gasteiger partial charge in [-0.3, -0.25) is 4.79 Å². The van der Waals surface area contributed by atoms with Crippen LogP contribution in [0.5, 0.6) is 0 Å². The average Bonchev–Trinajstić information content (AvgIpc) is 3.12. The Morgan fingerprint density at radius 1 is 1.18 bits per heavy atom. The standard InChI is InChI=1S/C20H20Cl2N4O2/c1-13-7-8-16(22)12-17(13)26-19(14-5-3-6-15(21)11-14)24-18(25-26)20(27)23-9-4-10-28-2/h3,5-8,11-12H,4,9-10H2,1-2H3,(H,23,27). The minimum absolute atomic E-state index is 0.0757. The zero-order valence-corrected chi connectivity index (χ0v) is 17.1. The Labute approximate surface area is 173 Å². The molecular weight excluding hydrogens is 399 g/mol. The third-order valence-corrected chi connectivity index (χ3v) is 4.57. The van der Waals surface area contributed by atoms with Crippen LogP contribution in [0.1, 0.15) is 22.6 Å². The molecular formula is C20H20Cl2N4O2. The number of rotatable bonds is 7. The van der Waals surface area contributed by atoms with Crippen molar-refractivity contribution >= 4 is 29.1 Å². The topological polar surface area (TPSA) is 69.0 Å². The number of hydrogen-bond acceptors (Lipinski definition) is 4. The van der Waals surface area contributed by atoms with Crippen LogP contribution in [0.15, 0.2) is 42.5 Å². The summed E-state index contributed by atoms with van der Waals surface area (Å²) in [4.78, 5) is 17.0. The Bertz CT molecular complexity index is 988. The van der Waals surface area contributed by atoms with Crippen LogP contribution in [-0.4, -0.2) is 40.9 Å². The molecule has 0 aliphatic rings. The lowest BCUT2D eigenvalue weighted by Crippen LogP contribution is -2.26. The van der Waals surface area contributed by atoms with Crippen LogP contribution in [0.3, 0.4) is 0 Å². The summed E-state index contributed by atoms with van der Waals surface area (Å²) >= 11 is 12.3. The molecule has 1 N–H and O–H groups in total. The lowest BCUT2D eigenvalue weighted by atomic mass is 10.2. The number of aromatic nitrogens is 3. The molecule has 0 aliphatic heterocycles. The monoisotopic (exact) mass is 418 g/mol. The van der Waals surface area contributed by atoms with Crippen LogP contribution in [0.2, 0.25) is 10.0 Å². The van der Waals surface area contributed by atoms with Gasteiger partial charge in [-0.1, -0.05) is 41.4 Å². The van der Waals surface area contributed by atoms with E-state index in [0.29, 0.717) is 35.4 Å². The second-order valence-electron chi connectivity index (χ2n) is 6.21. The Balaban J connectivity index is 2.03. The number of carbonyl (C=O) groups excluding carboxylic acids is 1. The summed E-state index contributed by atoms with van der Waals surface area (Å²) in [6.07, 6.45) is 0.706. The molecule has 0 fully saturated rings. The van der Waals surface area contributed by atoms with E-state index >= 15 is 0 Å². The molecule has 3 rings (SSSR count). The quantitative estimate of drug-likeness (QED) is 0.580. The van der Waals surface area contributed by atoms with Gasteiger partial charge in [0.1, 0.15) is 0 Å². The Morgan fingerprint density at radius 3 is 2.71 bits per heavy atom. The number of carbonyl (C=O) groups is 1. The first-order valence-corrected chi connectivity index (χ1v) is 9.52. The number of nitrogens with zero attached hydrogens (tertiary/aromatic N) is 3. The Kier molecular flexibility index (Phi) is 6.67. The number of nitrogens with one attached hydrogen (secondary N) is 1. The van der Waals surface area contributed by atoms with Crippen molar-refractivity contribution < 1.29 is 9.53 Å². The van der Waals surface area contributed by atoms with E-state index in [1.165, 1.54) is 0 Å². The SMILES string of the molecule is COCCCNC(=O)c1nc(-c2cccc(Cl)c2)n(-c2cc(Cl)ccc2C)n1. The van der Waals surface area contributed by atoms with Crippen molar-refractivity contribution in [2.45, 2.75) is 13.3 Å². The first-order chi connectivity index (χ1) is 13.5. The van der Waals surface area contributed by atoms with Gasteiger partial charge in [0, 0.05) is 35.9 Å². The fraction of sp³-hybridized carbons (Fsp3) is 0.250. The number of ether oxygens (including phenoxy) is 1. The Morgan fingerprint density at radius 2 is 1.96 bits per heavy atom. The summed E-state index contributed by atoms with van der Waals surface area (Å²) in [7, 11) is 1.62. The fourth-order valence-electron chi connectivity index (χ4n) is 2.70. The van der Waals surface area contributed by atoms with Crippen LogP contribution in [0.25, 0.3) is 17.1 Å². The molecule has 0 spiro atoms. The molecule has 0 radical (unpaired) electrons. The Hall–Kier alpha value is -2.41. The molecule has 2 aromatic carbocycles. The van der Waals surface area contributed by atoms with Crippen molar-refractivity contribution in [3.8, 4) is 17.1 Å². The van der Waals surface area contributed by atoms with Gasteiger partial charge in [-0.25, -0.2) is 9.67 Å². The molecule has 146 valence electrons. The van der Waals surface area contributed by atoms with E-state index in [9.17, 15) is 4.79 Å². The van der Waals surface area contributed by atoms with Gasteiger partial charge in [0.05, 0.1) is 5.69 Å². The molecule has 0 aliphatic carbocycles. The molecule has 1 amide bonds. The minimum atomic E-state index is -0.349. The van der Waals surface area contributed by atoms with Crippen molar-refractivity contribution in [1.82, 2.24) is 20.1 Å². The highest BCUT2D eigenvalue weighted by atomic mass is 35.5. The van der Waals surface area contributed by atoms with E-state index in [1.54, 1.807) is 36.1 Å². The number of aryl methyl sites for hydroxylation is 1. The van der Waals surface area contributed by atoms with E-state index in [4.69, 9.17) is 27.9 Å². The fourth-order valence-corrected chi connectivity index (χ4v) is 3.06. The zero-order valence-electron chi connectivity index (χ0n) is 15.6. The van der Waals surface area contributed by atoms with Crippen molar-refractivity contribution in [1.29, 1.82) is 0 Å². The third-order valence-electron chi connectivity index (χ3n) is 4.10.